The van der Waals surface area contributed by atoms with Crippen LogP contribution in [0.5, 0.6) is 5.75 Å². The molecule has 1 aromatic heterocycles. The SMILES string of the molecule is CCCCOc1ccc(-n2ccn(C3CCC(=O)CC3)c2=O)cc1. The molecule has 24 heavy (non-hydrogen) atoms. The fraction of sp³-hybridized carbons (Fsp3) is 0.474. The van der Waals surface area contributed by atoms with Crippen molar-refractivity contribution in [3.8, 4) is 11.4 Å². The van der Waals surface area contributed by atoms with Gasteiger partial charge in [-0.2, -0.15) is 0 Å². The van der Waals surface area contributed by atoms with E-state index in [9.17, 15) is 9.59 Å². The van der Waals surface area contributed by atoms with Gasteiger partial charge in [-0.3, -0.25) is 13.9 Å². The van der Waals surface area contributed by atoms with Gasteiger partial charge in [0.2, 0.25) is 0 Å². The fourth-order valence-corrected chi connectivity index (χ4v) is 3.10. The van der Waals surface area contributed by atoms with Crippen LogP contribution in [0.15, 0.2) is 41.5 Å². The lowest BCUT2D eigenvalue weighted by atomic mass is 9.94. The van der Waals surface area contributed by atoms with Crippen molar-refractivity contribution < 1.29 is 9.53 Å². The Bertz CT molecular complexity index is 733. The van der Waals surface area contributed by atoms with E-state index >= 15 is 0 Å². The van der Waals surface area contributed by atoms with Crippen LogP contribution in [0.2, 0.25) is 0 Å². The largest absolute Gasteiger partial charge is 0.494 e. The van der Waals surface area contributed by atoms with E-state index in [0.717, 1.165) is 37.1 Å². The van der Waals surface area contributed by atoms with Gasteiger partial charge in [0, 0.05) is 31.3 Å². The van der Waals surface area contributed by atoms with Crippen molar-refractivity contribution in [2.45, 2.75) is 51.5 Å². The maximum absolute atomic E-state index is 12.7. The molecule has 0 spiro atoms. The van der Waals surface area contributed by atoms with E-state index in [0.29, 0.717) is 25.2 Å². The number of hydrogen-bond acceptors (Lipinski definition) is 3. The number of carbonyl (C=O) groups is 1. The quantitative estimate of drug-likeness (QED) is 0.763. The van der Waals surface area contributed by atoms with Gasteiger partial charge >= 0.3 is 5.69 Å². The molecule has 0 amide bonds. The molecule has 1 saturated carbocycles. The minimum Gasteiger partial charge on any atom is -0.494 e. The van der Waals surface area contributed by atoms with Gasteiger partial charge in [0.1, 0.15) is 11.5 Å². The van der Waals surface area contributed by atoms with E-state index in [2.05, 4.69) is 6.92 Å². The third kappa shape index (κ3) is 3.61. The molecule has 5 nitrogen and oxygen atoms in total. The molecule has 1 aliphatic rings. The minimum atomic E-state index is -0.0472. The minimum absolute atomic E-state index is 0.0472. The standard InChI is InChI=1S/C19H24N2O3/c1-2-3-14-24-18-10-6-16(7-11-18)21-13-12-20(19(21)23)15-4-8-17(22)9-5-15/h6-7,10-13,15H,2-5,8-9,14H2,1H3. The van der Waals surface area contributed by atoms with Gasteiger partial charge < -0.3 is 4.74 Å². The summed E-state index contributed by atoms with van der Waals surface area (Å²) in [5.74, 6) is 1.13. The molecule has 0 N–H and O–H groups in total. The third-order valence-corrected chi connectivity index (χ3v) is 4.59. The molecular weight excluding hydrogens is 304 g/mol. The zero-order chi connectivity index (χ0) is 16.9. The zero-order valence-corrected chi connectivity index (χ0v) is 14.1. The summed E-state index contributed by atoms with van der Waals surface area (Å²) >= 11 is 0. The van der Waals surface area contributed by atoms with Crippen molar-refractivity contribution in [2.24, 2.45) is 0 Å². The summed E-state index contributed by atoms with van der Waals surface area (Å²) in [6.45, 7) is 2.85. The van der Waals surface area contributed by atoms with Crippen LogP contribution < -0.4 is 10.4 Å². The molecular formula is C19H24N2O3. The van der Waals surface area contributed by atoms with Crippen LogP contribution in [0.4, 0.5) is 0 Å². The summed E-state index contributed by atoms with van der Waals surface area (Å²) in [6, 6.07) is 7.73. The second-order valence-electron chi connectivity index (χ2n) is 6.32. The van der Waals surface area contributed by atoms with Crippen molar-refractivity contribution in [3.05, 3.63) is 47.1 Å². The number of nitrogens with zero attached hydrogens (tertiary/aromatic N) is 2. The van der Waals surface area contributed by atoms with Gasteiger partial charge in [-0.25, -0.2) is 4.79 Å². The molecule has 1 aromatic carbocycles. The molecule has 0 saturated heterocycles. The number of hydrogen-bond donors (Lipinski definition) is 0. The number of imidazole rings is 1. The molecule has 2 aromatic rings. The lowest BCUT2D eigenvalue weighted by Crippen LogP contribution is -2.29. The van der Waals surface area contributed by atoms with Crippen LogP contribution in [0.25, 0.3) is 5.69 Å². The summed E-state index contributed by atoms with van der Waals surface area (Å²) in [4.78, 5) is 24.0. The van der Waals surface area contributed by atoms with Crippen molar-refractivity contribution in [2.75, 3.05) is 6.61 Å². The molecule has 128 valence electrons. The highest BCUT2D eigenvalue weighted by Gasteiger charge is 2.22. The fourth-order valence-electron chi connectivity index (χ4n) is 3.10. The normalized spacial score (nSPS) is 15.6. The van der Waals surface area contributed by atoms with Crippen LogP contribution in [0.3, 0.4) is 0 Å². The Hall–Kier alpha value is -2.30. The van der Waals surface area contributed by atoms with E-state index in [4.69, 9.17) is 4.74 Å². The Labute approximate surface area is 141 Å². The topological polar surface area (TPSA) is 53.2 Å². The Kier molecular flexibility index (Phi) is 5.18. The molecule has 3 rings (SSSR count). The first-order chi connectivity index (χ1) is 11.7. The van der Waals surface area contributed by atoms with Gasteiger partial charge in [-0.05, 0) is 43.5 Å². The second-order valence-corrected chi connectivity index (χ2v) is 6.32. The first kappa shape index (κ1) is 16.6. The molecule has 0 unspecified atom stereocenters. The lowest BCUT2D eigenvalue weighted by molar-refractivity contribution is -0.120. The summed E-state index contributed by atoms with van der Waals surface area (Å²) < 4.78 is 9.06. The van der Waals surface area contributed by atoms with Crippen LogP contribution in [-0.2, 0) is 4.79 Å². The monoisotopic (exact) mass is 328 g/mol. The Morgan fingerprint density at radius 3 is 2.46 bits per heavy atom. The third-order valence-electron chi connectivity index (χ3n) is 4.59. The van der Waals surface area contributed by atoms with E-state index in [1.54, 1.807) is 15.3 Å². The Balaban J connectivity index is 1.73. The summed E-state index contributed by atoms with van der Waals surface area (Å²) in [5.41, 5.74) is 0.780. The van der Waals surface area contributed by atoms with Crippen LogP contribution in [-0.4, -0.2) is 21.5 Å². The predicted octanol–water partition coefficient (Wildman–Crippen LogP) is 3.50. The van der Waals surface area contributed by atoms with Crippen LogP contribution in [0, 0.1) is 0 Å². The highest BCUT2D eigenvalue weighted by atomic mass is 16.5. The van der Waals surface area contributed by atoms with Gasteiger partial charge in [0.05, 0.1) is 12.3 Å². The number of ketones is 1. The van der Waals surface area contributed by atoms with Crippen molar-refractivity contribution in [1.29, 1.82) is 0 Å². The summed E-state index contributed by atoms with van der Waals surface area (Å²) in [7, 11) is 0. The van der Waals surface area contributed by atoms with Gasteiger partial charge in [0.15, 0.2) is 0 Å². The first-order valence-electron chi connectivity index (χ1n) is 8.73. The van der Waals surface area contributed by atoms with E-state index < -0.39 is 0 Å². The maximum Gasteiger partial charge on any atom is 0.332 e. The second kappa shape index (κ2) is 7.51. The summed E-state index contributed by atoms with van der Waals surface area (Å²) in [5, 5.41) is 0. The van der Waals surface area contributed by atoms with Gasteiger partial charge in [-0.15, -0.1) is 0 Å². The molecule has 5 heteroatoms. The number of unbranched alkanes of at least 4 members (excludes halogenated alkanes) is 1. The summed E-state index contributed by atoms with van der Waals surface area (Å²) in [6.07, 6.45) is 8.43. The lowest BCUT2D eigenvalue weighted by Gasteiger charge is -2.21. The van der Waals surface area contributed by atoms with Gasteiger partial charge in [0.25, 0.3) is 0 Å². The van der Waals surface area contributed by atoms with Crippen LogP contribution >= 0.6 is 0 Å². The number of aromatic nitrogens is 2. The maximum atomic E-state index is 12.7. The molecule has 1 fully saturated rings. The number of carbonyl (C=O) groups excluding carboxylic acids is 1. The Morgan fingerprint density at radius 2 is 1.79 bits per heavy atom. The molecule has 0 aliphatic heterocycles. The average molecular weight is 328 g/mol. The smallest absolute Gasteiger partial charge is 0.332 e. The van der Waals surface area contributed by atoms with E-state index in [1.165, 1.54) is 0 Å². The number of ether oxygens (including phenoxy) is 1. The molecule has 1 aliphatic carbocycles. The van der Waals surface area contributed by atoms with E-state index in [-0.39, 0.29) is 11.7 Å². The van der Waals surface area contributed by atoms with Gasteiger partial charge in [-0.1, -0.05) is 13.3 Å². The molecule has 0 atom stereocenters. The number of rotatable bonds is 6. The highest BCUT2D eigenvalue weighted by Crippen LogP contribution is 2.25. The molecule has 1 heterocycles. The zero-order valence-electron chi connectivity index (χ0n) is 14.1. The molecule has 0 bridgehead atoms. The van der Waals surface area contributed by atoms with Crippen molar-refractivity contribution in [1.82, 2.24) is 9.13 Å². The molecule has 0 radical (unpaired) electrons. The number of Topliss-reactive ketones (excluding diaryl/α,β-unsaturated/α-hetero) is 1. The Morgan fingerprint density at radius 1 is 1.08 bits per heavy atom. The van der Waals surface area contributed by atoms with E-state index in [1.807, 2.05) is 30.5 Å². The first-order valence-corrected chi connectivity index (χ1v) is 8.73. The van der Waals surface area contributed by atoms with Crippen molar-refractivity contribution >= 4 is 5.78 Å². The average Bonchev–Trinajstić information content (AvgIpc) is 2.98. The van der Waals surface area contributed by atoms with Crippen LogP contribution in [0.1, 0.15) is 51.5 Å². The number of benzene rings is 1. The van der Waals surface area contributed by atoms with Crippen molar-refractivity contribution in [3.63, 3.8) is 0 Å². The highest BCUT2D eigenvalue weighted by molar-refractivity contribution is 5.79. The predicted molar refractivity (Wildman–Crippen MR) is 92.9 cm³/mol.